The molecule has 4 aromatic rings. The predicted molar refractivity (Wildman–Crippen MR) is 98.0 cm³/mol. The van der Waals surface area contributed by atoms with E-state index in [1.807, 2.05) is 30.3 Å². The molecular formula is C19H17N5O. The Morgan fingerprint density at radius 2 is 2.04 bits per heavy atom. The molecule has 0 unspecified atom stereocenters. The largest absolute Gasteiger partial charge is 0.381 e. The number of hydrogen-bond acceptors (Lipinski definition) is 4. The second-order valence-electron chi connectivity index (χ2n) is 5.85. The van der Waals surface area contributed by atoms with Crippen LogP contribution in [0.15, 0.2) is 65.7 Å². The number of benzene rings is 2. The molecule has 0 amide bonds. The number of nitrogens with one attached hydrogen (secondary N) is 2. The molecule has 0 aliphatic rings. The van der Waals surface area contributed by atoms with Gasteiger partial charge in [0.2, 0.25) is 5.95 Å². The van der Waals surface area contributed by atoms with Crippen LogP contribution < -0.4 is 10.9 Å². The van der Waals surface area contributed by atoms with Gasteiger partial charge in [0.05, 0.1) is 10.9 Å². The van der Waals surface area contributed by atoms with E-state index in [9.17, 15) is 4.79 Å². The third-order valence-electron chi connectivity index (χ3n) is 4.16. The Bertz CT molecular complexity index is 1080. The average Bonchev–Trinajstić information content (AvgIpc) is 3.16. The lowest BCUT2D eigenvalue weighted by Gasteiger charge is -2.10. The lowest BCUT2D eigenvalue weighted by Crippen LogP contribution is -2.14. The molecule has 0 aliphatic heterocycles. The molecule has 0 radical (unpaired) electrons. The van der Waals surface area contributed by atoms with Crippen molar-refractivity contribution in [3.63, 3.8) is 0 Å². The van der Waals surface area contributed by atoms with Crippen LogP contribution in [0.1, 0.15) is 11.1 Å². The van der Waals surface area contributed by atoms with Crippen molar-refractivity contribution in [2.75, 3.05) is 5.32 Å². The van der Waals surface area contributed by atoms with Gasteiger partial charge in [-0.1, -0.05) is 24.3 Å². The molecule has 0 aliphatic carbocycles. The minimum atomic E-state index is -0.185. The summed E-state index contributed by atoms with van der Waals surface area (Å²) in [5.41, 5.74) is 3.79. The SMILES string of the molecule is Cc1ccccc1CNc1ccc2nc(-n3cccn3)[nH]c(=O)c2c1. The summed E-state index contributed by atoms with van der Waals surface area (Å²) < 4.78 is 1.53. The van der Waals surface area contributed by atoms with Crippen molar-refractivity contribution in [1.82, 2.24) is 19.7 Å². The number of H-pyrrole nitrogens is 1. The molecular weight excluding hydrogens is 314 g/mol. The molecule has 2 heterocycles. The Labute approximate surface area is 144 Å². The predicted octanol–water partition coefficient (Wildman–Crippen LogP) is 3.03. The quantitative estimate of drug-likeness (QED) is 0.603. The van der Waals surface area contributed by atoms with Gasteiger partial charge in [-0.3, -0.25) is 9.78 Å². The number of aryl methyl sites for hydroxylation is 1. The van der Waals surface area contributed by atoms with E-state index in [1.54, 1.807) is 18.5 Å². The Morgan fingerprint density at radius 3 is 2.84 bits per heavy atom. The van der Waals surface area contributed by atoms with Gasteiger partial charge in [-0.2, -0.15) is 5.10 Å². The van der Waals surface area contributed by atoms with E-state index in [1.165, 1.54) is 15.8 Å². The van der Waals surface area contributed by atoms with E-state index in [0.29, 0.717) is 23.4 Å². The summed E-state index contributed by atoms with van der Waals surface area (Å²) >= 11 is 0. The third kappa shape index (κ3) is 3.01. The van der Waals surface area contributed by atoms with E-state index in [2.05, 4.69) is 39.4 Å². The summed E-state index contributed by atoms with van der Waals surface area (Å²) in [5.74, 6) is 0.406. The van der Waals surface area contributed by atoms with Crippen molar-refractivity contribution < 1.29 is 0 Å². The summed E-state index contributed by atoms with van der Waals surface area (Å²) in [5, 5.41) is 8.01. The first-order valence-corrected chi connectivity index (χ1v) is 8.03. The van der Waals surface area contributed by atoms with Gasteiger partial charge in [-0.25, -0.2) is 9.67 Å². The van der Waals surface area contributed by atoms with Crippen LogP contribution in [0.2, 0.25) is 0 Å². The molecule has 0 spiro atoms. The highest BCUT2D eigenvalue weighted by atomic mass is 16.1. The minimum absolute atomic E-state index is 0.185. The number of aromatic nitrogens is 4. The number of rotatable bonds is 4. The van der Waals surface area contributed by atoms with Gasteiger partial charge in [-0.05, 0) is 42.3 Å². The van der Waals surface area contributed by atoms with Gasteiger partial charge >= 0.3 is 0 Å². The first-order valence-electron chi connectivity index (χ1n) is 8.03. The molecule has 6 heteroatoms. The van der Waals surface area contributed by atoms with Crippen molar-refractivity contribution in [3.05, 3.63) is 82.4 Å². The van der Waals surface area contributed by atoms with E-state index < -0.39 is 0 Å². The van der Waals surface area contributed by atoms with Gasteiger partial charge < -0.3 is 5.32 Å². The van der Waals surface area contributed by atoms with Crippen LogP contribution in [0, 0.1) is 6.92 Å². The smallest absolute Gasteiger partial charge is 0.260 e. The molecule has 2 aromatic carbocycles. The first kappa shape index (κ1) is 15.1. The van der Waals surface area contributed by atoms with Gasteiger partial charge in [0, 0.05) is 24.6 Å². The maximum absolute atomic E-state index is 12.4. The first-order chi connectivity index (χ1) is 12.2. The molecule has 0 saturated carbocycles. The number of hydrogen-bond donors (Lipinski definition) is 2. The number of fused-ring (bicyclic) bond motifs is 1. The van der Waals surface area contributed by atoms with Gasteiger partial charge in [-0.15, -0.1) is 0 Å². The van der Waals surface area contributed by atoms with Crippen LogP contribution in [-0.4, -0.2) is 19.7 Å². The van der Waals surface area contributed by atoms with E-state index in [4.69, 9.17) is 0 Å². The Morgan fingerprint density at radius 1 is 1.16 bits per heavy atom. The molecule has 2 aromatic heterocycles. The molecule has 0 saturated heterocycles. The topological polar surface area (TPSA) is 75.6 Å². The fourth-order valence-corrected chi connectivity index (χ4v) is 2.74. The second-order valence-corrected chi connectivity index (χ2v) is 5.85. The minimum Gasteiger partial charge on any atom is -0.381 e. The maximum Gasteiger partial charge on any atom is 0.260 e. The zero-order valence-electron chi connectivity index (χ0n) is 13.7. The Kier molecular flexibility index (Phi) is 3.78. The van der Waals surface area contributed by atoms with Gasteiger partial charge in [0.1, 0.15) is 0 Å². The average molecular weight is 331 g/mol. The fraction of sp³-hybridized carbons (Fsp3) is 0.105. The van der Waals surface area contributed by atoms with Crippen LogP contribution in [0.3, 0.4) is 0 Å². The lowest BCUT2D eigenvalue weighted by atomic mass is 10.1. The molecule has 124 valence electrons. The molecule has 2 N–H and O–H groups in total. The second kappa shape index (κ2) is 6.24. The molecule has 6 nitrogen and oxygen atoms in total. The number of nitrogens with zero attached hydrogens (tertiary/aromatic N) is 3. The van der Waals surface area contributed by atoms with Crippen molar-refractivity contribution in [1.29, 1.82) is 0 Å². The summed E-state index contributed by atoms with van der Waals surface area (Å²) in [4.78, 5) is 19.6. The summed E-state index contributed by atoms with van der Waals surface area (Å²) in [6.07, 6.45) is 3.38. The standard InChI is InChI=1S/C19H17N5O/c1-13-5-2-3-6-14(13)12-20-15-7-8-17-16(11-15)18(25)23-19(22-17)24-10-4-9-21-24/h2-11,20H,12H2,1H3,(H,22,23,25). The number of aromatic amines is 1. The molecule has 0 bridgehead atoms. The van der Waals surface area contributed by atoms with Crippen LogP contribution in [-0.2, 0) is 6.54 Å². The Hall–Kier alpha value is -3.41. The van der Waals surface area contributed by atoms with Gasteiger partial charge in [0.15, 0.2) is 0 Å². The fourth-order valence-electron chi connectivity index (χ4n) is 2.74. The highest BCUT2D eigenvalue weighted by molar-refractivity contribution is 5.81. The monoisotopic (exact) mass is 331 g/mol. The van der Waals surface area contributed by atoms with E-state index >= 15 is 0 Å². The van der Waals surface area contributed by atoms with E-state index in [0.717, 1.165) is 5.69 Å². The summed E-state index contributed by atoms with van der Waals surface area (Å²) in [7, 11) is 0. The zero-order chi connectivity index (χ0) is 17.2. The van der Waals surface area contributed by atoms with Crippen LogP contribution in [0.25, 0.3) is 16.9 Å². The molecule has 4 rings (SSSR count). The molecule has 0 fully saturated rings. The summed E-state index contributed by atoms with van der Waals surface area (Å²) in [6, 6.07) is 15.6. The third-order valence-corrected chi connectivity index (χ3v) is 4.16. The zero-order valence-corrected chi connectivity index (χ0v) is 13.7. The highest BCUT2D eigenvalue weighted by Crippen LogP contribution is 2.17. The van der Waals surface area contributed by atoms with Crippen molar-refractivity contribution in [2.24, 2.45) is 0 Å². The summed E-state index contributed by atoms with van der Waals surface area (Å²) in [6.45, 7) is 2.79. The number of anilines is 1. The van der Waals surface area contributed by atoms with Crippen LogP contribution in [0.4, 0.5) is 5.69 Å². The van der Waals surface area contributed by atoms with Crippen LogP contribution in [0.5, 0.6) is 0 Å². The lowest BCUT2D eigenvalue weighted by molar-refractivity contribution is 0.810. The van der Waals surface area contributed by atoms with Crippen LogP contribution >= 0.6 is 0 Å². The van der Waals surface area contributed by atoms with Crippen molar-refractivity contribution in [3.8, 4) is 5.95 Å². The highest BCUT2D eigenvalue weighted by Gasteiger charge is 2.07. The van der Waals surface area contributed by atoms with E-state index in [-0.39, 0.29) is 5.56 Å². The van der Waals surface area contributed by atoms with Crippen molar-refractivity contribution in [2.45, 2.75) is 13.5 Å². The molecule has 25 heavy (non-hydrogen) atoms. The normalized spacial score (nSPS) is 10.9. The Balaban J connectivity index is 1.64. The van der Waals surface area contributed by atoms with Gasteiger partial charge in [0.25, 0.3) is 5.56 Å². The van der Waals surface area contributed by atoms with Crippen molar-refractivity contribution >= 4 is 16.6 Å². The maximum atomic E-state index is 12.4. The molecule has 0 atom stereocenters.